The monoisotopic (exact) mass is 241 g/mol. The Hall–Kier alpha value is -0.870. The molecule has 0 saturated heterocycles. The smallest absolute Gasteiger partial charge is 0.323 e. The third kappa shape index (κ3) is 2.44. The molecule has 0 fully saturated rings. The third-order valence-electron chi connectivity index (χ3n) is 3.16. The van der Waals surface area contributed by atoms with Crippen molar-refractivity contribution in [2.75, 3.05) is 7.05 Å². The Morgan fingerprint density at radius 3 is 2.44 bits per heavy atom. The second-order valence-corrected chi connectivity index (χ2v) is 5.92. The molecule has 1 rings (SSSR count). The summed E-state index contributed by atoms with van der Waals surface area (Å²) in [6.07, 6.45) is 0. The first kappa shape index (κ1) is 13.2. The molecule has 0 aromatic carbocycles. The van der Waals surface area contributed by atoms with Crippen LogP contribution in [0.3, 0.4) is 0 Å². The fourth-order valence-electron chi connectivity index (χ4n) is 1.50. The summed E-state index contributed by atoms with van der Waals surface area (Å²) < 4.78 is 0. The Balaban J connectivity index is 2.90. The van der Waals surface area contributed by atoms with E-state index in [-0.39, 0.29) is 6.04 Å². The van der Waals surface area contributed by atoms with Crippen LogP contribution in [0.5, 0.6) is 0 Å². The molecule has 16 heavy (non-hydrogen) atoms. The molecule has 1 unspecified atom stereocenters. The Labute approximate surface area is 101 Å². The van der Waals surface area contributed by atoms with Gasteiger partial charge in [0.25, 0.3) is 0 Å². The molecule has 1 heterocycles. The Morgan fingerprint density at radius 2 is 2.06 bits per heavy atom. The molecule has 1 atom stereocenters. The van der Waals surface area contributed by atoms with Crippen molar-refractivity contribution in [1.29, 1.82) is 0 Å². The first-order valence-corrected chi connectivity index (χ1v) is 6.11. The van der Waals surface area contributed by atoms with Crippen molar-refractivity contribution in [3.05, 3.63) is 21.9 Å². The summed E-state index contributed by atoms with van der Waals surface area (Å²) in [5, 5.41) is 9.17. The highest BCUT2D eigenvalue weighted by molar-refractivity contribution is 7.12. The van der Waals surface area contributed by atoms with Gasteiger partial charge in [0, 0.05) is 15.8 Å². The van der Waals surface area contributed by atoms with E-state index < -0.39 is 11.5 Å². The number of hydrogen-bond donors (Lipinski definition) is 1. The molecule has 1 aromatic rings. The Bertz CT molecular complexity index is 384. The summed E-state index contributed by atoms with van der Waals surface area (Å²) in [5.41, 5.74) is -0.850. The van der Waals surface area contributed by atoms with Gasteiger partial charge in [-0.3, -0.25) is 9.69 Å². The number of hydrogen-bond acceptors (Lipinski definition) is 3. The van der Waals surface area contributed by atoms with Crippen LogP contribution < -0.4 is 0 Å². The van der Waals surface area contributed by atoms with E-state index in [0.29, 0.717) is 0 Å². The van der Waals surface area contributed by atoms with Crippen molar-refractivity contribution in [3.63, 3.8) is 0 Å². The average molecular weight is 241 g/mol. The van der Waals surface area contributed by atoms with Crippen molar-refractivity contribution in [2.24, 2.45) is 0 Å². The standard InChI is InChI=1S/C12H19NO2S/c1-8-6-7-10(16-8)9(2)13(5)12(3,4)11(14)15/h6-7,9H,1-5H3,(H,14,15). The number of carbonyl (C=O) groups is 1. The van der Waals surface area contributed by atoms with E-state index in [0.717, 1.165) is 0 Å². The fraction of sp³-hybridized carbons (Fsp3) is 0.583. The van der Waals surface area contributed by atoms with Crippen LogP contribution in [0, 0.1) is 6.92 Å². The van der Waals surface area contributed by atoms with Crippen LogP contribution in [-0.4, -0.2) is 28.6 Å². The lowest BCUT2D eigenvalue weighted by Gasteiger charge is -2.35. The van der Waals surface area contributed by atoms with E-state index in [2.05, 4.69) is 19.1 Å². The topological polar surface area (TPSA) is 40.5 Å². The van der Waals surface area contributed by atoms with E-state index in [1.807, 2.05) is 18.9 Å². The predicted octanol–water partition coefficient (Wildman–Crippen LogP) is 2.91. The zero-order valence-corrected chi connectivity index (χ0v) is 11.3. The molecule has 0 saturated carbocycles. The van der Waals surface area contributed by atoms with Gasteiger partial charge >= 0.3 is 5.97 Å². The largest absolute Gasteiger partial charge is 0.480 e. The van der Waals surface area contributed by atoms with Gasteiger partial charge in [-0.05, 0) is 46.9 Å². The molecule has 4 heteroatoms. The average Bonchev–Trinajstić information content (AvgIpc) is 2.62. The van der Waals surface area contributed by atoms with Gasteiger partial charge in [-0.2, -0.15) is 0 Å². The van der Waals surface area contributed by atoms with Gasteiger partial charge in [-0.1, -0.05) is 0 Å². The van der Waals surface area contributed by atoms with Crippen molar-refractivity contribution in [2.45, 2.75) is 39.3 Å². The maximum absolute atomic E-state index is 11.2. The van der Waals surface area contributed by atoms with Gasteiger partial charge in [0.2, 0.25) is 0 Å². The minimum absolute atomic E-state index is 0.116. The minimum atomic E-state index is -0.850. The van der Waals surface area contributed by atoms with Gasteiger partial charge in [0.1, 0.15) is 5.54 Å². The summed E-state index contributed by atoms with van der Waals surface area (Å²) in [6.45, 7) is 7.55. The first-order chi connectivity index (χ1) is 7.26. The molecule has 0 aliphatic rings. The number of thiophene rings is 1. The predicted molar refractivity (Wildman–Crippen MR) is 66.9 cm³/mol. The molecule has 0 spiro atoms. The second kappa shape index (κ2) is 4.55. The SMILES string of the molecule is Cc1ccc(C(C)N(C)C(C)(C)C(=O)O)s1. The molecule has 0 amide bonds. The lowest BCUT2D eigenvalue weighted by Crippen LogP contribution is -2.48. The lowest BCUT2D eigenvalue weighted by molar-refractivity contribution is -0.149. The van der Waals surface area contributed by atoms with Crippen LogP contribution in [-0.2, 0) is 4.79 Å². The first-order valence-electron chi connectivity index (χ1n) is 5.29. The van der Waals surface area contributed by atoms with Crippen LogP contribution in [0.2, 0.25) is 0 Å². The number of carboxylic acid groups (broad SMARTS) is 1. The molecule has 1 N–H and O–H groups in total. The Morgan fingerprint density at radius 1 is 1.50 bits per heavy atom. The zero-order valence-electron chi connectivity index (χ0n) is 10.4. The number of nitrogens with zero attached hydrogens (tertiary/aromatic N) is 1. The lowest BCUT2D eigenvalue weighted by atomic mass is 10.0. The van der Waals surface area contributed by atoms with Gasteiger partial charge in [-0.25, -0.2) is 0 Å². The zero-order chi connectivity index (χ0) is 12.5. The van der Waals surface area contributed by atoms with E-state index in [4.69, 9.17) is 0 Å². The summed E-state index contributed by atoms with van der Waals surface area (Å²) in [4.78, 5) is 15.5. The molecular formula is C12H19NO2S. The molecule has 1 aromatic heterocycles. The number of carboxylic acids is 1. The van der Waals surface area contributed by atoms with Gasteiger partial charge in [-0.15, -0.1) is 11.3 Å². The number of likely N-dealkylation sites (N-methyl/N-ethyl adjacent to an activating group) is 1. The van der Waals surface area contributed by atoms with Crippen LogP contribution in [0.4, 0.5) is 0 Å². The van der Waals surface area contributed by atoms with Crippen LogP contribution in [0.15, 0.2) is 12.1 Å². The van der Waals surface area contributed by atoms with Gasteiger partial charge < -0.3 is 5.11 Å². The number of aryl methyl sites for hydroxylation is 1. The normalized spacial score (nSPS) is 14.1. The highest BCUT2D eigenvalue weighted by atomic mass is 32.1. The van der Waals surface area contributed by atoms with Gasteiger partial charge in [0.05, 0.1) is 0 Å². The highest BCUT2D eigenvalue weighted by Crippen LogP contribution is 2.30. The van der Waals surface area contributed by atoms with Crippen LogP contribution >= 0.6 is 11.3 Å². The van der Waals surface area contributed by atoms with E-state index in [1.54, 1.807) is 25.2 Å². The minimum Gasteiger partial charge on any atom is -0.480 e. The quantitative estimate of drug-likeness (QED) is 0.881. The molecule has 0 bridgehead atoms. The van der Waals surface area contributed by atoms with Crippen LogP contribution in [0.1, 0.15) is 36.6 Å². The maximum Gasteiger partial charge on any atom is 0.323 e. The number of aliphatic carboxylic acids is 1. The fourth-order valence-corrected chi connectivity index (χ4v) is 2.48. The highest BCUT2D eigenvalue weighted by Gasteiger charge is 2.35. The van der Waals surface area contributed by atoms with E-state index >= 15 is 0 Å². The van der Waals surface area contributed by atoms with Crippen molar-refractivity contribution < 1.29 is 9.90 Å². The molecule has 0 aliphatic heterocycles. The van der Waals surface area contributed by atoms with Crippen molar-refractivity contribution in [3.8, 4) is 0 Å². The van der Waals surface area contributed by atoms with Crippen molar-refractivity contribution in [1.82, 2.24) is 4.90 Å². The molecule has 90 valence electrons. The molecular weight excluding hydrogens is 222 g/mol. The molecule has 0 radical (unpaired) electrons. The van der Waals surface area contributed by atoms with E-state index in [9.17, 15) is 9.90 Å². The molecule has 0 aliphatic carbocycles. The summed E-state index contributed by atoms with van der Waals surface area (Å²) in [7, 11) is 1.86. The summed E-state index contributed by atoms with van der Waals surface area (Å²) in [6, 6.07) is 4.25. The van der Waals surface area contributed by atoms with Crippen molar-refractivity contribution >= 4 is 17.3 Å². The third-order valence-corrected chi connectivity index (χ3v) is 4.33. The number of rotatable bonds is 4. The Kier molecular flexibility index (Phi) is 3.76. The maximum atomic E-state index is 11.2. The van der Waals surface area contributed by atoms with E-state index in [1.165, 1.54) is 9.75 Å². The van der Waals surface area contributed by atoms with Gasteiger partial charge in [0.15, 0.2) is 0 Å². The molecule has 3 nitrogen and oxygen atoms in total. The van der Waals surface area contributed by atoms with Crippen LogP contribution in [0.25, 0.3) is 0 Å². The summed E-state index contributed by atoms with van der Waals surface area (Å²) in [5.74, 6) is -0.796. The summed E-state index contributed by atoms with van der Waals surface area (Å²) >= 11 is 1.72. The second-order valence-electron chi connectivity index (χ2n) is 4.60.